The highest BCUT2D eigenvalue weighted by Crippen LogP contribution is 2.27. The van der Waals surface area contributed by atoms with Gasteiger partial charge in [0.15, 0.2) is 5.96 Å². The maximum atomic E-state index is 11.2. The Hall–Kier alpha value is -1.26. The first-order chi connectivity index (χ1) is 7.76. The van der Waals surface area contributed by atoms with Gasteiger partial charge in [0.1, 0.15) is 6.54 Å². The molecule has 1 amide bonds. The number of amides is 1. The molecule has 3 N–H and O–H groups in total. The monoisotopic (exact) mass is 226 g/mol. The zero-order valence-corrected chi connectivity index (χ0v) is 10.2. The average molecular weight is 226 g/mol. The lowest BCUT2D eigenvalue weighted by Crippen LogP contribution is -2.39. The molecule has 0 atom stereocenters. The number of guanidine groups is 1. The van der Waals surface area contributed by atoms with Crippen LogP contribution in [0.15, 0.2) is 4.99 Å². The summed E-state index contributed by atoms with van der Waals surface area (Å²) in [7, 11) is 0. The molecule has 0 spiro atoms. The van der Waals surface area contributed by atoms with Gasteiger partial charge in [-0.1, -0.05) is 0 Å². The predicted octanol–water partition coefficient (Wildman–Crippen LogP) is 0.0876. The van der Waals surface area contributed by atoms with Crippen LogP contribution in [-0.4, -0.2) is 38.0 Å². The average Bonchev–Trinajstić information content (AvgIpc) is 3.06. The minimum absolute atomic E-state index is 0.0360. The van der Waals surface area contributed by atoms with Gasteiger partial charge in [-0.2, -0.15) is 0 Å². The van der Waals surface area contributed by atoms with Crippen LogP contribution >= 0.6 is 0 Å². The molecule has 1 saturated carbocycles. The van der Waals surface area contributed by atoms with E-state index >= 15 is 0 Å². The van der Waals surface area contributed by atoms with Crippen molar-refractivity contribution in [1.29, 1.82) is 0 Å². The Morgan fingerprint density at radius 1 is 1.19 bits per heavy atom. The summed E-state index contributed by atoms with van der Waals surface area (Å²) in [5.74, 6) is 1.50. The molecular weight excluding hydrogens is 204 g/mol. The van der Waals surface area contributed by atoms with Crippen LogP contribution in [0.5, 0.6) is 0 Å². The van der Waals surface area contributed by atoms with Crippen LogP contribution in [0.1, 0.15) is 26.7 Å². The molecule has 0 aromatic rings. The van der Waals surface area contributed by atoms with Gasteiger partial charge in [0, 0.05) is 19.6 Å². The normalized spacial score (nSPS) is 15.8. The van der Waals surface area contributed by atoms with Gasteiger partial charge < -0.3 is 16.0 Å². The minimum atomic E-state index is -0.0360. The molecule has 0 aromatic heterocycles. The second-order valence-electron chi connectivity index (χ2n) is 3.97. The minimum Gasteiger partial charge on any atom is -0.357 e. The number of likely N-dealkylation sites (N-methyl/N-ethyl adjacent to an activating group) is 1. The summed E-state index contributed by atoms with van der Waals surface area (Å²) in [6, 6.07) is 0. The molecule has 1 aliphatic carbocycles. The van der Waals surface area contributed by atoms with E-state index < -0.39 is 0 Å². The van der Waals surface area contributed by atoms with Crippen LogP contribution in [0, 0.1) is 5.92 Å². The van der Waals surface area contributed by atoms with Crippen LogP contribution in [-0.2, 0) is 4.79 Å². The molecule has 0 unspecified atom stereocenters. The van der Waals surface area contributed by atoms with Crippen molar-refractivity contribution in [2.45, 2.75) is 26.7 Å². The summed E-state index contributed by atoms with van der Waals surface area (Å²) < 4.78 is 0. The zero-order chi connectivity index (χ0) is 11.8. The molecule has 0 radical (unpaired) electrons. The van der Waals surface area contributed by atoms with E-state index in [-0.39, 0.29) is 12.5 Å². The van der Waals surface area contributed by atoms with E-state index in [9.17, 15) is 4.79 Å². The van der Waals surface area contributed by atoms with Gasteiger partial charge in [-0.25, -0.2) is 4.99 Å². The van der Waals surface area contributed by atoms with Crippen molar-refractivity contribution in [3.05, 3.63) is 0 Å². The third kappa shape index (κ3) is 5.58. The first-order valence-electron chi connectivity index (χ1n) is 6.05. The Balaban J connectivity index is 2.27. The summed E-state index contributed by atoms with van der Waals surface area (Å²) >= 11 is 0. The van der Waals surface area contributed by atoms with E-state index in [4.69, 9.17) is 0 Å². The zero-order valence-electron chi connectivity index (χ0n) is 10.2. The van der Waals surface area contributed by atoms with Crippen molar-refractivity contribution < 1.29 is 4.79 Å². The van der Waals surface area contributed by atoms with Crippen LogP contribution in [0.3, 0.4) is 0 Å². The quantitative estimate of drug-likeness (QED) is 0.444. The SMILES string of the molecule is CCNC(=O)CN=C(NCC)NCC1CC1. The van der Waals surface area contributed by atoms with E-state index in [0.29, 0.717) is 6.54 Å². The summed E-state index contributed by atoms with van der Waals surface area (Å²) in [5.41, 5.74) is 0. The molecule has 5 nitrogen and oxygen atoms in total. The fourth-order valence-electron chi connectivity index (χ4n) is 1.31. The molecule has 0 saturated heterocycles. The largest absolute Gasteiger partial charge is 0.357 e. The molecule has 1 aliphatic rings. The summed E-state index contributed by atoms with van der Waals surface area (Å²) in [4.78, 5) is 15.4. The van der Waals surface area contributed by atoms with Crippen LogP contribution in [0.25, 0.3) is 0 Å². The molecule has 16 heavy (non-hydrogen) atoms. The molecule has 92 valence electrons. The van der Waals surface area contributed by atoms with E-state index in [1.807, 2.05) is 13.8 Å². The lowest BCUT2D eigenvalue weighted by molar-refractivity contribution is -0.119. The van der Waals surface area contributed by atoms with E-state index in [1.54, 1.807) is 0 Å². The molecule has 0 aliphatic heterocycles. The highest BCUT2D eigenvalue weighted by atomic mass is 16.1. The van der Waals surface area contributed by atoms with Crippen molar-refractivity contribution in [1.82, 2.24) is 16.0 Å². The van der Waals surface area contributed by atoms with Crippen molar-refractivity contribution in [3.63, 3.8) is 0 Å². The Morgan fingerprint density at radius 3 is 2.44 bits per heavy atom. The number of carbonyl (C=O) groups excluding carboxylic acids is 1. The molecule has 0 aromatic carbocycles. The topological polar surface area (TPSA) is 65.5 Å². The molecule has 0 heterocycles. The Bertz CT molecular complexity index is 248. The molecular formula is C11H22N4O. The predicted molar refractivity (Wildman–Crippen MR) is 65.4 cm³/mol. The summed E-state index contributed by atoms with van der Waals surface area (Å²) in [5, 5.41) is 9.08. The van der Waals surface area contributed by atoms with Crippen molar-refractivity contribution >= 4 is 11.9 Å². The molecule has 1 fully saturated rings. The van der Waals surface area contributed by atoms with Gasteiger partial charge >= 0.3 is 0 Å². The van der Waals surface area contributed by atoms with Gasteiger partial charge in [0.2, 0.25) is 5.91 Å². The van der Waals surface area contributed by atoms with Crippen molar-refractivity contribution in [2.75, 3.05) is 26.2 Å². The number of carbonyl (C=O) groups is 1. The number of nitrogens with one attached hydrogen (secondary N) is 3. The first kappa shape index (κ1) is 12.8. The van der Waals surface area contributed by atoms with Crippen molar-refractivity contribution in [3.8, 4) is 0 Å². The number of nitrogens with zero attached hydrogens (tertiary/aromatic N) is 1. The van der Waals surface area contributed by atoms with E-state index in [0.717, 1.165) is 25.0 Å². The van der Waals surface area contributed by atoms with E-state index in [1.165, 1.54) is 12.8 Å². The first-order valence-corrected chi connectivity index (χ1v) is 6.05. The third-order valence-corrected chi connectivity index (χ3v) is 2.35. The smallest absolute Gasteiger partial charge is 0.241 e. The Labute approximate surface area is 97.1 Å². The summed E-state index contributed by atoms with van der Waals surface area (Å²) in [6.07, 6.45) is 2.62. The maximum Gasteiger partial charge on any atom is 0.241 e. The molecule has 5 heteroatoms. The molecule has 0 bridgehead atoms. The highest BCUT2D eigenvalue weighted by Gasteiger charge is 2.21. The second kappa shape index (κ2) is 7.09. The van der Waals surface area contributed by atoms with Crippen LogP contribution in [0.4, 0.5) is 0 Å². The highest BCUT2D eigenvalue weighted by molar-refractivity contribution is 5.84. The Kier molecular flexibility index (Phi) is 5.67. The number of aliphatic imine (C=N–C) groups is 1. The van der Waals surface area contributed by atoms with Gasteiger partial charge in [0.05, 0.1) is 0 Å². The summed E-state index contributed by atoms with van der Waals surface area (Å²) in [6.45, 7) is 6.53. The maximum absolute atomic E-state index is 11.2. The third-order valence-electron chi connectivity index (χ3n) is 2.35. The fraction of sp³-hybridized carbons (Fsp3) is 0.818. The van der Waals surface area contributed by atoms with E-state index in [2.05, 4.69) is 20.9 Å². The lowest BCUT2D eigenvalue weighted by Gasteiger charge is -2.10. The van der Waals surface area contributed by atoms with Crippen LogP contribution < -0.4 is 16.0 Å². The van der Waals surface area contributed by atoms with Crippen molar-refractivity contribution in [2.24, 2.45) is 10.9 Å². The van der Waals surface area contributed by atoms with Gasteiger partial charge in [-0.05, 0) is 32.6 Å². The number of hydrogen-bond donors (Lipinski definition) is 3. The van der Waals surface area contributed by atoms with Gasteiger partial charge in [-0.15, -0.1) is 0 Å². The second-order valence-corrected chi connectivity index (χ2v) is 3.97. The van der Waals surface area contributed by atoms with Crippen LogP contribution in [0.2, 0.25) is 0 Å². The van der Waals surface area contributed by atoms with Gasteiger partial charge in [-0.3, -0.25) is 4.79 Å². The number of rotatable bonds is 6. The number of hydrogen-bond acceptors (Lipinski definition) is 2. The van der Waals surface area contributed by atoms with Gasteiger partial charge in [0.25, 0.3) is 0 Å². The fourth-order valence-corrected chi connectivity index (χ4v) is 1.31. The Morgan fingerprint density at radius 2 is 1.88 bits per heavy atom. The lowest BCUT2D eigenvalue weighted by atomic mass is 10.4. The standard InChI is InChI=1S/C11H22N4O/c1-3-12-10(16)8-15-11(13-4-2)14-7-9-5-6-9/h9H,3-8H2,1-2H3,(H,12,16)(H2,13,14,15). The molecule has 1 rings (SSSR count).